The molecule has 2 N–H and O–H groups in total. The van der Waals surface area contributed by atoms with Gasteiger partial charge in [0.2, 0.25) is 0 Å². The number of carbonyl (C=O) groups is 2. The lowest BCUT2D eigenvalue weighted by molar-refractivity contribution is 0.0692. The number of amides is 1. The number of hydrogen-bond acceptors (Lipinski definition) is 4. The molecule has 0 bridgehead atoms. The summed E-state index contributed by atoms with van der Waals surface area (Å²) in [5.41, 5.74) is -0.122. The molecule has 2 aromatic rings. The van der Waals surface area contributed by atoms with E-state index >= 15 is 0 Å². The summed E-state index contributed by atoms with van der Waals surface area (Å²) >= 11 is 0. The third-order valence-corrected chi connectivity index (χ3v) is 3.07. The largest absolute Gasteiger partial charge is 0.491 e. The van der Waals surface area contributed by atoms with Crippen LogP contribution in [0.15, 0.2) is 42.5 Å². The maximum Gasteiger partial charge on any atom is 0.411 e. The summed E-state index contributed by atoms with van der Waals surface area (Å²) in [4.78, 5) is 23.1. The number of benzene rings is 2. The minimum Gasteiger partial charge on any atom is -0.491 e. The van der Waals surface area contributed by atoms with Crippen molar-refractivity contribution in [2.24, 2.45) is 0 Å². The number of halogens is 1. The van der Waals surface area contributed by atoms with Crippen molar-refractivity contribution < 1.29 is 28.6 Å². The van der Waals surface area contributed by atoms with Crippen LogP contribution >= 0.6 is 0 Å². The number of carboxylic acids is 1. The van der Waals surface area contributed by atoms with Crippen molar-refractivity contribution in [1.82, 2.24) is 0 Å². The monoisotopic (exact) mass is 333 g/mol. The summed E-state index contributed by atoms with van der Waals surface area (Å²) in [6.07, 6.45) is -0.884. The number of carboxylic acid groups (broad SMARTS) is 1. The molecule has 0 saturated heterocycles. The highest BCUT2D eigenvalue weighted by atomic mass is 19.1. The molecule has 24 heavy (non-hydrogen) atoms. The van der Waals surface area contributed by atoms with Crippen LogP contribution in [-0.2, 0) is 11.3 Å². The predicted molar refractivity (Wildman–Crippen MR) is 84.8 cm³/mol. The molecule has 126 valence electrons. The van der Waals surface area contributed by atoms with Crippen LogP contribution in [0.25, 0.3) is 0 Å². The highest BCUT2D eigenvalue weighted by Crippen LogP contribution is 2.27. The first-order chi connectivity index (χ1) is 11.5. The summed E-state index contributed by atoms with van der Waals surface area (Å²) in [6.45, 7) is 1.84. The molecule has 0 heterocycles. The van der Waals surface area contributed by atoms with Gasteiger partial charge in [0.05, 0.1) is 12.3 Å². The van der Waals surface area contributed by atoms with E-state index in [0.29, 0.717) is 0 Å². The smallest absolute Gasteiger partial charge is 0.411 e. The van der Waals surface area contributed by atoms with Crippen LogP contribution in [0, 0.1) is 5.82 Å². The molecular weight excluding hydrogens is 317 g/mol. The van der Waals surface area contributed by atoms with Crippen molar-refractivity contribution in [2.45, 2.75) is 13.5 Å². The molecule has 0 fully saturated rings. The Balaban J connectivity index is 2.12. The van der Waals surface area contributed by atoms with Crippen molar-refractivity contribution in [3.8, 4) is 5.75 Å². The minimum atomic E-state index is -1.52. The maximum atomic E-state index is 14.2. The molecule has 2 rings (SSSR count). The van der Waals surface area contributed by atoms with E-state index < -0.39 is 23.4 Å². The van der Waals surface area contributed by atoms with Crippen LogP contribution in [-0.4, -0.2) is 23.8 Å². The van der Waals surface area contributed by atoms with Gasteiger partial charge in [-0.15, -0.1) is 0 Å². The van der Waals surface area contributed by atoms with Gasteiger partial charge in [0.25, 0.3) is 0 Å². The Bertz CT molecular complexity index is 733. The average molecular weight is 333 g/mol. The van der Waals surface area contributed by atoms with Gasteiger partial charge in [-0.1, -0.05) is 30.3 Å². The van der Waals surface area contributed by atoms with E-state index in [4.69, 9.17) is 9.47 Å². The molecule has 0 aliphatic heterocycles. The molecular formula is C17H16FNO5. The van der Waals surface area contributed by atoms with Gasteiger partial charge in [0.15, 0.2) is 11.6 Å². The normalized spacial score (nSPS) is 10.1. The Hall–Kier alpha value is -3.09. The van der Waals surface area contributed by atoms with Crippen molar-refractivity contribution >= 4 is 17.7 Å². The first-order valence-electron chi connectivity index (χ1n) is 7.19. The Labute approximate surface area is 137 Å². The molecule has 7 heteroatoms. The lowest BCUT2D eigenvalue weighted by Crippen LogP contribution is -2.17. The second-order valence-corrected chi connectivity index (χ2v) is 4.73. The third kappa shape index (κ3) is 4.22. The molecule has 1 amide bonds. The van der Waals surface area contributed by atoms with Crippen LogP contribution in [0.5, 0.6) is 5.75 Å². The number of aromatic carboxylic acids is 1. The molecule has 0 aliphatic carbocycles. The Morgan fingerprint density at radius 1 is 1.17 bits per heavy atom. The van der Waals surface area contributed by atoms with Gasteiger partial charge in [0.1, 0.15) is 12.2 Å². The summed E-state index contributed by atoms with van der Waals surface area (Å²) in [5.74, 6) is -2.77. The highest BCUT2D eigenvalue weighted by Gasteiger charge is 2.22. The number of hydrogen-bond donors (Lipinski definition) is 2. The van der Waals surface area contributed by atoms with Gasteiger partial charge < -0.3 is 14.6 Å². The highest BCUT2D eigenvalue weighted by molar-refractivity contribution is 5.99. The second kappa shape index (κ2) is 7.96. The topological polar surface area (TPSA) is 84.9 Å². The Kier molecular flexibility index (Phi) is 5.73. The van der Waals surface area contributed by atoms with Gasteiger partial charge in [-0.2, -0.15) is 0 Å². The fourth-order valence-electron chi connectivity index (χ4n) is 2.01. The van der Waals surface area contributed by atoms with E-state index in [1.807, 2.05) is 6.07 Å². The summed E-state index contributed by atoms with van der Waals surface area (Å²) in [7, 11) is 0. The minimum absolute atomic E-state index is 0.00852. The average Bonchev–Trinajstić information content (AvgIpc) is 2.56. The molecule has 2 aromatic carbocycles. The summed E-state index contributed by atoms with van der Waals surface area (Å²) in [5, 5.41) is 11.4. The van der Waals surface area contributed by atoms with Crippen LogP contribution < -0.4 is 10.1 Å². The van der Waals surface area contributed by atoms with Crippen molar-refractivity contribution in [3.05, 3.63) is 59.4 Å². The number of carbonyl (C=O) groups excluding carboxylic acids is 1. The SMILES string of the molecule is CCOc1ccc(NC(=O)OCc2ccccc2)c(C(=O)O)c1F. The zero-order valence-corrected chi connectivity index (χ0v) is 12.9. The van der Waals surface area contributed by atoms with Gasteiger partial charge in [-0.25, -0.2) is 14.0 Å². The second-order valence-electron chi connectivity index (χ2n) is 4.73. The fourth-order valence-corrected chi connectivity index (χ4v) is 2.01. The lowest BCUT2D eigenvalue weighted by Gasteiger charge is -2.12. The molecule has 0 saturated carbocycles. The summed E-state index contributed by atoms with van der Waals surface area (Å²) < 4.78 is 24.2. The Morgan fingerprint density at radius 3 is 2.50 bits per heavy atom. The van der Waals surface area contributed by atoms with Gasteiger partial charge >= 0.3 is 12.1 Å². The van der Waals surface area contributed by atoms with E-state index in [9.17, 15) is 19.1 Å². The van der Waals surface area contributed by atoms with Crippen molar-refractivity contribution in [2.75, 3.05) is 11.9 Å². The van der Waals surface area contributed by atoms with E-state index in [1.54, 1.807) is 31.2 Å². The fraction of sp³-hybridized carbons (Fsp3) is 0.176. The van der Waals surface area contributed by atoms with E-state index in [0.717, 1.165) is 5.56 Å². The van der Waals surface area contributed by atoms with Gasteiger partial charge in [0, 0.05) is 0 Å². The standard InChI is InChI=1S/C17H16FNO5/c1-2-23-13-9-8-12(14(15(13)18)16(20)21)19-17(22)24-10-11-6-4-3-5-7-11/h3-9H,2,10H2,1H3,(H,19,22)(H,20,21). The number of nitrogens with one attached hydrogen (secondary N) is 1. The molecule has 0 aromatic heterocycles. The maximum absolute atomic E-state index is 14.2. The van der Waals surface area contributed by atoms with Gasteiger partial charge in [-0.05, 0) is 24.6 Å². The van der Waals surface area contributed by atoms with Crippen LogP contribution in [0.3, 0.4) is 0 Å². The molecule has 0 atom stereocenters. The van der Waals surface area contributed by atoms with Crippen LogP contribution in [0.1, 0.15) is 22.8 Å². The third-order valence-electron chi connectivity index (χ3n) is 3.07. The lowest BCUT2D eigenvalue weighted by atomic mass is 10.1. The quantitative estimate of drug-likeness (QED) is 0.842. The Morgan fingerprint density at radius 2 is 1.88 bits per heavy atom. The molecule has 6 nitrogen and oxygen atoms in total. The molecule has 0 aliphatic rings. The van der Waals surface area contributed by atoms with Crippen molar-refractivity contribution in [1.29, 1.82) is 0 Å². The van der Waals surface area contributed by atoms with Crippen molar-refractivity contribution in [3.63, 3.8) is 0 Å². The molecule has 0 radical (unpaired) electrons. The number of ether oxygens (including phenoxy) is 2. The zero-order chi connectivity index (χ0) is 17.5. The number of anilines is 1. The van der Waals surface area contributed by atoms with Crippen LogP contribution in [0.4, 0.5) is 14.9 Å². The first-order valence-corrected chi connectivity index (χ1v) is 7.19. The van der Waals surface area contributed by atoms with Crippen LogP contribution in [0.2, 0.25) is 0 Å². The molecule has 0 spiro atoms. The van der Waals surface area contributed by atoms with Gasteiger partial charge in [-0.3, -0.25) is 5.32 Å². The first kappa shape index (κ1) is 17.3. The number of rotatable bonds is 6. The summed E-state index contributed by atoms with van der Waals surface area (Å²) in [6, 6.07) is 11.5. The van der Waals surface area contributed by atoms with E-state index in [2.05, 4.69) is 5.32 Å². The zero-order valence-electron chi connectivity index (χ0n) is 12.9. The van der Waals surface area contributed by atoms with E-state index in [1.165, 1.54) is 12.1 Å². The van der Waals surface area contributed by atoms with E-state index in [-0.39, 0.29) is 24.7 Å². The predicted octanol–water partition coefficient (Wildman–Crippen LogP) is 3.67. The molecule has 0 unspecified atom stereocenters.